The number of nitrogens with zero attached hydrogens (tertiary/aromatic N) is 3. The Morgan fingerprint density at radius 3 is 2.57 bits per heavy atom. The Morgan fingerprint density at radius 2 is 2.10 bits per heavy atom. The molecule has 0 aromatic carbocycles. The van der Waals surface area contributed by atoms with Crippen LogP contribution in [-0.4, -0.2) is 27.1 Å². The molecule has 1 aromatic rings. The van der Waals surface area contributed by atoms with Crippen LogP contribution in [0.15, 0.2) is 27.4 Å². The minimum atomic E-state index is -1.01. The topological polar surface area (TPSA) is 113 Å². The van der Waals surface area contributed by atoms with Crippen molar-refractivity contribution in [3.8, 4) is 0 Å². The molecule has 114 valence electrons. The number of esters is 1. The third-order valence-electron chi connectivity index (χ3n) is 2.84. The molecule has 0 radical (unpaired) electrons. The molecule has 0 aliphatic carbocycles. The van der Waals surface area contributed by atoms with Crippen molar-refractivity contribution in [3.63, 3.8) is 0 Å². The molecule has 0 N–H and O–H groups in total. The largest absolute Gasteiger partial charge is 0.466 e. The van der Waals surface area contributed by atoms with Gasteiger partial charge in [-0.25, -0.2) is 9.59 Å². The summed E-state index contributed by atoms with van der Waals surface area (Å²) in [7, 11) is 1.20. The molecule has 0 spiro atoms. The molecule has 0 amide bonds. The van der Waals surface area contributed by atoms with Crippen molar-refractivity contribution in [2.75, 3.05) is 7.11 Å². The number of aryl methyl sites for hydroxylation is 1. The number of hydrogen-bond acceptors (Lipinski definition) is 6. The Balaban J connectivity index is 3.39. The van der Waals surface area contributed by atoms with E-state index in [9.17, 15) is 24.5 Å². The van der Waals surface area contributed by atoms with Crippen molar-refractivity contribution in [3.05, 3.63) is 48.8 Å². The van der Waals surface area contributed by atoms with Gasteiger partial charge in [-0.15, -0.1) is 0 Å². The van der Waals surface area contributed by atoms with E-state index in [0.717, 1.165) is 10.8 Å². The number of ether oxygens (including phenoxy) is 1. The fourth-order valence-corrected chi connectivity index (χ4v) is 1.62. The summed E-state index contributed by atoms with van der Waals surface area (Å²) < 4.78 is 6.24. The summed E-state index contributed by atoms with van der Waals surface area (Å²) in [4.78, 5) is 45.1. The summed E-state index contributed by atoms with van der Waals surface area (Å²) in [5.41, 5.74) is -2.19. The van der Waals surface area contributed by atoms with E-state index in [-0.39, 0.29) is 18.7 Å². The van der Waals surface area contributed by atoms with Crippen LogP contribution in [0, 0.1) is 10.1 Å². The SMILES string of the molecule is CCn1cc([N+](=O)[O-])c(=O)n(CC=C(C)C(=O)OC)c1=O. The van der Waals surface area contributed by atoms with Crippen molar-refractivity contribution in [2.45, 2.75) is 26.9 Å². The van der Waals surface area contributed by atoms with Gasteiger partial charge in [0, 0.05) is 18.7 Å². The van der Waals surface area contributed by atoms with Crippen LogP contribution in [0.25, 0.3) is 0 Å². The second kappa shape index (κ2) is 6.64. The fourth-order valence-electron chi connectivity index (χ4n) is 1.62. The number of rotatable bonds is 5. The van der Waals surface area contributed by atoms with Gasteiger partial charge in [0.2, 0.25) is 0 Å². The Kier molecular flexibility index (Phi) is 5.17. The van der Waals surface area contributed by atoms with Gasteiger partial charge in [0.1, 0.15) is 0 Å². The van der Waals surface area contributed by atoms with E-state index < -0.39 is 27.8 Å². The van der Waals surface area contributed by atoms with Gasteiger partial charge in [-0.2, -0.15) is 0 Å². The van der Waals surface area contributed by atoms with E-state index in [1.165, 1.54) is 20.1 Å². The van der Waals surface area contributed by atoms with Crippen molar-refractivity contribution in [1.29, 1.82) is 0 Å². The van der Waals surface area contributed by atoms with Crippen molar-refractivity contribution >= 4 is 11.7 Å². The van der Waals surface area contributed by atoms with E-state index >= 15 is 0 Å². The van der Waals surface area contributed by atoms with Gasteiger partial charge < -0.3 is 4.74 Å². The number of allylic oxidation sites excluding steroid dienone is 1. The third-order valence-corrected chi connectivity index (χ3v) is 2.84. The molecule has 0 saturated heterocycles. The van der Waals surface area contributed by atoms with Crippen molar-refractivity contribution in [1.82, 2.24) is 9.13 Å². The van der Waals surface area contributed by atoms with E-state index in [2.05, 4.69) is 4.74 Å². The molecule has 9 heteroatoms. The molecular weight excluding hydrogens is 282 g/mol. The monoisotopic (exact) mass is 297 g/mol. The molecule has 1 heterocycles. The zero-order chi connectivity index (χ0) is 16.2. The lowest BCUT2D eigenvalue weighted by Crippen LogP contribution is -2.40. The molecule has 1 rings (SSSR count). The molecule has 0 saturated carbocycles. The third kappa shape index (κ3) is 3.44. The number of carbonyl (C=O) groups is 1. The normalized spacial score (nSPS) is 11.3. The van der Waals surface area contributed by atoms with Crippen LogP contribution >= 0.6 is 0 Å². The maximum absolute atomic E-state index is 12.0. The van der Waals surface area contributed by atoms with Crippen LogP contribution in [0.1, 0.15) is 13.8 Å². The second-order valence-electron chi connectivity index (χ2n) is 4.13. The minimum absolute atomic E-state index is 0.180. The Bertz CT molecular complexity index is 713. The van der Waals surface area contributed by atoms with Gasteiger partial charge in [0.25, 0.3) is 0 Å². The first-order valence-electron chi connectivity index (χ1n) is 6.07. The van der Waals surface area contributed by atoms with E-state index in [1.54, 1.807) is 6.92 Å². The summed E-state index contributed by atoms with van der Waals surface area (Å²) in [6.45, 7) is 3.00. The molecule has 1 aromatic heterocycles. The van der Waals surface area contributed by atoms with Crippen molar-refractivity contribution < 1.29 is 14.5 Å². The summed E-state index contributed by atoms with van der Waals surface area (Å²) in [6, 6.07) is 0. The van der Waals surface area contributed by atoms with Crippen LogP contribution in [0.5, 0.6) is 0 Å². The van der Waals surface area contributed by atoms with Gasteiger partial charge in [-0.05, 0) is 13.8 Å². The van der Waals surface area contributed by atoms with E-state index in [4.69, 9.17) is 0 Å². The van der Waals surface area contributed by atoms with Crippen molar-refractivity contribution in [2.24, 2.45) is 0 Å². The highest BCUT2D eigenvalue weighted by Gasteiger charge is 2.19. The molecule has 0 unspecified atom stereocenters. The highest BCUT2D eigenvalue weighted by atomic mass is 16.6. The average Bonchev–Trinajstić information content (AvgIpc) is 2.45. The van der Waals surface area contributed by atoms with E-state index in [0.29, 0.717) is 4.57 Å². The minimum Gasteiger partial charge on any atom is -0.466 e. The number of aromatic nitrogens is 2. The average molecular weight is 297 g/mol. The predicted octanol–water partition coefficient (Wildman–Crippen LogP) is 0.0574. The highest BCUT2D eigenvalue weighted by molar-refractivity contribution is 5.87. The molecule has 0 fully saturated rings. The molecular formula is C12H15N3O6. The lowest BCUT2D eigenvalue weighted by Gasteiger charge is -2.07. The smallest absolute Gasteiger partial charge is 0.350 e. The van der Waals surface area contributed by atoms with Gasteiger partial charge in [-0.1, -0.05) is 6.08 Å². The first kappa shape index (κ1) is 16.3. The number of methoxy groups -OCH3 is 1. The highest BCUT2D eigenvalue weighted by Crippen LogP contribution is 2.01. The number of carbonyl (C=O) groups excluding carboxylic acids is 1. The Morgan fingerprint density at radius 1 is 1.48 bits per heavy atom. The Labute approximate surface area is 119 Å². The molecule has 0 aliphatic heterocycles. The zero-order valence-corrected chi connectivity index (χ0v) is 11.9. The molecule has 0 bridgehead atoms. The standard InChI is InChI=1S/C12H15N3O6/c1-4-13-7-9(15(19)20)10(16)14(12(13)18)6-5-8(2)11(17)21-3/h5,7H,4,6H2,1-3H3. The van der Waals surface area contributed by atoms with Gasteiger partial charge in [0.05, 0.1) is 18.2 Å². The van der Waals surface area contributed by atoms with Crippen LogP contribution in [0.4, 0.5) is 5.69 Å². The summed E-state index contributed by atoms with van der Waals surface area (Å²) >= 11 is 0. The van der Waals surface area contributed by atoms with Gasteiger partial charge in [0.15, 0.2) is 0 Å². The van der Waals surface area contributed by atoms with Gasteiger partial charge in [-0.3, -0.25) is 24.0 Å². The van der Waals surface area contributed by atoms with Crippen LogP contribution in [0.2, 0.25) is 0 Å². The summed E-state index contributed by atoms with van der Waals surface area (Å²) in [5, 5.41) is 10.8. The first-order valence-corrected chi connectivity index (χ1v) is 6.07. The first-order chi connectivity index (χ1) is 9.83. The van der Waals surface area contributed by atoms with Crippen LogP contribution < -0.4 is 11.2 Å². The quantitative estimate of drug-likeness (QED) is 0.328. The van der Waals surface area contributed by atoms with Crippen LogP contribution in [-0.2, 0) is 22.6 Å². The Hall–Kier alpha value is -2.71. The maximum Gasteiger partial charge on any atom is 0.350 e. The number of nitro groups is 1. The summed E-state index contributed by atoms with van der Waals surface area (Å²) in [5.74, 6) is -0.607. The molecule has 0 aliphatic rings. The molecule has 0 atom stereocenters. The van der Waals surface area contributed by atoms with Crippen LogP contribution in [0.3, 0.4) is 0 Å². The zero-order valence-electron chi connectivity index (χ0n) is 11.9. The lowest BCUT2D eigenvalue weighted by molar-refractivity contribution is -0.387. The molecule has 21 heavy (non-hydrogen) atoms. The molecule has 9 nitrogen and oxygen atoms in total. The summed E-state index contributed by atoms with van der Waals surface area (Å²) in [6.07, 6.45) is 2.22. The fraction of sp³-hybridized carbons (Fsp3) is 0.417. The second-order valence-corrected chi connectivity index (χ2v) is 4.13. The maximum atomic E-state index is 12.0. The van der Waals surface area contributed by atoms with E-state index in [1.807, 2.05) is 0 Å². The lowest BCUT2D eigenvalue weighted by atomic mass is 10.3. The van der Waals surface area contributed by atoms with Gasteiger partial charge >= 0.3 is 22.9 Å². The predicted molar refractivity (Wildman–Crippen MR) is 73.1 cm³/mol. The number of hydrogen-bond donors (Lipinski definition) is 0.